The van der Waals surface area contributed by atoms with Crippen molar-refractivity contribution in [2.24, 2.45) is 0 Å². The van der Waals surface area contributed by atoms with Crippen molar-refractivity contribution < 1.29 is 28.2 Å². The van der Waals surface area contributed by atoms with Crippen LogP contribution in [-0.4, -0.2) is 90.1 Å². The summed E-state index contributed by atoms with van der Waals surface area (Å²) in [6.07, 6.45) is 3.19. The summed E-state index contributed by atoms with van der Waals surface area (Å²) in [7, 11) is 3.77. The predicted octanol–water partition coefficient (Wildman–Crippen LogP) is 6.06. The van der Waals surface area contributed by atoms with Crippen LogP contribution in [0.5, 0.6) is 5.88 Å². The van der Waals surface area contributed by atoms with Crippen molar-refractivity contribution in [1.82, 2.24) is 19.9 Å². The summed E-state index contributed by atoms with van der Waals surface area (Å²) >= 11 is 0. The number of nitrogens with one attached hydrogen (secondary N) is 1. The smallest absolute Gasteiger partial charge is 0.415 e. The lowest BCUT2D eigenvalue weighted by atomic mass is 10.0. The van der Waals surface area contributed by atoms with Crippen LogP contribution in [0.3, 0.4) is 0 Å². The molecule has 0 atom stereocenters. The Balaban J connectivity index is 1.34. The number of benzene rings is 1. The lowest BCUT2D eigenvalue weighted by molar-refractivity contribution is 0.0560. The molecule has 4 heterocycles. The molecule has 3 aromatic rings. The molecule has 2 aliphatic rings. The molecule has 13 nitrogen and oxygen atoms in total. The van der Waals surface area contributed by atoms with Gasteiger partial charge in [0.15, 0.2) is 0 Å². The van der Waals surface area contributed by atoms with Crippen molar-refractivity contribution in [3.63, 3.8) is 0 Å². The Labute approximate surface area is 287 Å². The second-order valence-electron chi connectivity index (χ2n) is 14.5. The van der Waals surface area contributed by atoms with Crippen LogP contribution >= 0.6 is 0 Å². The number of carbonyl (C=O) groups is 2. The van der Waals surface area contributed by atoms with Crippen LogP contribution in [0, 0.1) is 12.7 Å². The zero-order valence-electron chi connectivity index (χ0n) is 29.9. The van der Waals surface area contributed by atoms with Gasteiger partial charge in [0.2, 0.25) is 11.8 Å². The van der Waals surface area contributed by atoms with Gasteiger partial charge < -0.3 is 29.3 Å². The maximum absolute atomic E-state index is 15.6. The highest BCUT2D eigenvalue weighted by Gasteiger charge is 2.33. The molecule has 1 aromatic carbocycles. The number of rotatable bonds is 7. The quantitative estimate of drug-likeness (QED) is 0.313. The first-order valence-corrected chi connectivity index (χ1v) is 16.4. The maximum Gasteiger partial charge on any atom is 0.415 e. The van der Waals surface area contributed by atoms with Crippen molar-refractivity contribution in [2.75, 3.05) is 66.9 Å². The molecular weight excluding hydrogens is 631 g/mol. The molecule has 0 spiro atoms. The summed E-state index contributed by atoms with van der Waals surface area (Å²) in [5.41, 5.74) is 3.33. The van der Waals surface area contributed by atoms with Crippen LogP contribution in [-0.2, 0) is 22.4 Å². The van der Waals surface area contributed by atoms with E-state index in [2.05, 4.69) is 20.2 Å². The Morgan fingerprint density at radius 2 is 1.76 bits per heavy atom. The van der Waals surface area contributed by atoms with Crippen molar-refractivity contribution in [1.29, 1.82) is 0 Å². The van der Waals surface area contributed by atoms with Crippen LogP contribution in [0.25, 0.3) is 0 Å². The minimum atomic E-state index is -0.727. The number of anilines is 5. The van der Waals surface area contributed by atoms with Gasteiger partial charge in [-0.3, -0.25) is 9.80 Å². The molecule has 49 heavy (non-hydrogen) atoms. The highest BCUT2D eigenvalue weighted by Crippen LogP contribution is 2.40. The molecule has 0 saturated carbocycles. The Morgan fingerprint density at radius 1 is 1.02 bits per heavy atom. The SMILES string of the molecule is Cc1c(N2CCc3cnc(Nc4ccc(N(CCN(C)C)C(=O)OC(C)(C)C)c(F)c4)nc3C2)cnc2c1N(C(=O)OC(C)(C)C)CCO2. The molecule has 1 N–H and O–H groups in total. The molecule has 0 bridgehead atoms. The number of fused-ring (bicyclic) bond motifs is 2. The van der Waals surface area contributed by atoms with E-state index in [4.69, 9.17) is 19.2 Å². The van der Waals surface area contributed by atoms with Gasteiger partial charge in [0, 0.05) is 37.1 Å². The highest BCUT2D eigenvalue weighted by molar-refractivity contribution is 5.92. The van der Waals surface area contributed by atoms with E-state index < -0.39 is 29.2 Å². The number of pyridine rings is 1. The van der Waals surface area contributed by atoms with Gasteiger partial charge in [-0.25, -0.2) is 28.9 Å². The summed E-state index contributed by atoms with van der Waals surface area (Å²) in [6, 6.07) is 4.55. The molecule has 0 fully saturated rings. The van der Waals surface area contributed by atoms with E-state index in [1.165, 1.54) is 11.0 Å². The number of halogens is 1. The van der Waals surface area contributed by atoms with Crippen LogP contribution in [0.1, 0.15) is 58.4 Å². The molecule has 2 aliphatic heterocycles. The first-order chi connectivity index (χ1) is 23.0. The van der Waals surface area contributed by atoms with Gasteiger partial charge in [-0.15, -0.1) is 0 Å². The van der Waals surface area contributed by atoms with E-state index in [1.807, 2.05) is 46.7 Å². The van der Waals surface area contributed by atoms with Crippen LogP contribution < -0.4 is 24.8 Å². The predicted molar refractivity (Wildman–Crippen MR) is 187 cm³/mol. The average Bonchev–Trinajstić information content (AvgIpc) is 3.00. The molecule has 0 aliphatic carbocycles. The maximum atomic E-state index is 15.6. The van der Waals surface area contributed by atoms with Crippen LogP contribution in [0.2, 0.25) is 0 Å². The third-order valence-electron chi connectivity index (χ3n) is 7.85. The molecule has 2 aromatic heterocycles. The lowest BCUT2D eigenvalue weighted by Gasteiger charge is -2.35. The lowest BCUT2D eigenvalue weighted by Crippen LogP contribution is -2.42. The Morgan fingerprint density at radius 3 is 2.43 bits per heavy atom. The molecule has 0 radical (unpaired) electrons. The monoisotopic (exact) mass is 678 g/mol. The zero-order chi connectivity index (χ0) is 35.7. The molecule has 0 saturated heterocycles. The van der Waals surface area contributed by atoms with Crippen molar-refractivity contribution in [2.45, 2.75) is 72.6 Å². The van der Waals surface area contributed by atoms with Gasteiger partial charge in [-0.2, -0.15) is 0 Å². The number of aromatic nitrogens is 3. The van der Waals surface area contributed by atoms with Crippen LogP contribution in [0.4, 0.5) is 42.7 Å². The number of hydrogen-bond acceptors (Lipinski definition) is 11. The molecule has 264 valence electrons. The minimum absolute atomic E-state index is 0.119. The van der Waals surface area contributed by atoms with E-state index in [0.29, 0.717) is 62.4 Å². The number of ether oxygens (including phenoxy) is 3. The second kappa shape index (κ2) is 14.0. The van der Waals surface area contributed by atoms with E-state index in [-0.39, 0.29) is 12.2 Å². The zero-order valence-corrected chi connectivity index (χ0v) is 29.9. The van der Waals surface area contributed by atoms with Gasteiger partial charge in [0.25, 0.3) is 0 Å². The summed E-state index contributed by atoms with van der Waals surface area (Å²) in [5.74, 6) is 0.127. The number of likely N-dealkylation sites (N-methyl/N-ethyl adjacent to an activating group) is 1. The summed E-state index contributed by atoms with van der Waals surface area (Å²) in [6.45, 7) is 15.4. The highest BCUT2D eigenvalue weighted by atomic mass is 19.1. The van der Waals surface area contributed by atoms with Crippen LogP contribution in [0.15, 0.2) is 30.6 Å². The minimum Gasteiger partial charge on any atom is -0.474 e. The van der Waals surface area contributed by atoms with Gasteiger partial charge >= 0.3 is 12.2 Å². The molecule has 0 unspecified atom stereocenters. The van der Waals surface area contributed by atoms with Crippen molar-refractivity contribution >= 4 is 40.9 Å². The van der Waals surface area contributed by atoms with Gasteiger partial charge in [-0.1, -0.05) is 0 Å². The fourth-order valence-corrected chi connectivity index (χ4v) is 5.58. The second-order valence-corrected chi connectivity index (χ2v) is 14.5. The number of nitrogens with zero attached hydrogens (tertiary/aromatic N) is 7. The summed E-state index contributed by atoms with van der Waals surface area (Å²) < 4.78 is 32.6. The Kier molecular flexibility index (Phi) is 10.2. The molecular formula is C35H47FN8O5. The van der Waals surface area contributed by atoms with Gasteiger partial charge in [-0.05, 0) is 92.7 Å². The first-order valence-electron chi connectivity index (χ1n) is 16.4. The molecule has 5 rings (SSSR count). The van der Waals surface area contributed by atoms with Crippen molar-refractivity contribution in [3.8, 4) is 5.88 Å². The van der Waals surface area contributed by atoms with Gasteiger partial charge in [0.1, 0.15) is 29.3 Å². The standard InChI is InChI=1S/C35H47FN8O5/c1-22-28(20-37-30-29(22)44(16-17-47-30)33(46)49-35(5,6)7)42-13-12-23-19-38-31(40-26(23)21-42)39-24-10-11-27(25(36)18-24)43(15-14-41(8)9)32(45)48-34(2,3)4/h10-11,18-20H,12-17,21H2,1-9H3,(H,38,39,40). The Bertz CT molecular complexity index is 1700. The number of amides is 2. The number of hydrogen-bond donors (Lipinski definition) is 1. The van der Waals surface area contributed by atoms with E-state index in [9.17, 15) is 9.59 Å². The topological polar surface area (TPSA) is 125 Å². The first kappa shape index (κ1) is 35.6. The average molecular weight is 679 g/mol. The summed E-state index contributed by atoms with van der Waals surface area (Å²) in [4.78, 5) is 46.9. The van der Waals surface area contributed by atoms with E-state index in [0.717, 1.165) is 22.5 Å². The molecule has 2 amide bonds. The van der Waals surface area contributed by atoms with Crippen molar-refractivity contribution in [3.05, 3.63) is 53.2 Å². The summed E-state index contributed by atoms with van der Waals surface area (Å²) in [5, 5.41) is 3.11. The van der Waals surface area contributed by atoms with E-state index in [1.54, 1.807) is 50.2 Å². The number of carbonyl (C=O) groups excluding carboxylic acids is 2. The fraction of sp³-hybridized carbons (Fsp3) is 0.514. The normalized spacial score (nSPS) is 14.5. The van der Waals surface area contributed by atoms with Gasteiger partial charge in [0.05, 0.1) is 36.4 Å². The fourth-order valence-electron chi connectivity index (χ4n) is 5.58. The van der Waals surface area contributed by atoms with E-state index >= 15 is 4.39 Å². The third kappa shape index (κ3) is 8.66. The Hall–Kier alpha value is -4.72. The largest absolute Gasteiger partial charge is 0.474 e. The molecule has 14 heteroatoms. The third-order valence-corrected chi connectivity index (χ3v) is 7.85.